The Morgan fingerprint density at radius 3 is 2.73 bits per heavy atom. The minimum absolute atomic E-state index is 0. The number of halogens is 4. The Morgan fingerprint density at radius 1 is 1.35 bits per heavy atom. The van der Waals surface area contributed by atoms with Crippen molar-refractivity contribution < 1.29 is 22.7 Å². The summed E-state index contributed by atoms with van der Waals surface area (Å²) in [5.74, 6) is -2.16. The first-order chi connectivity index (χ1) is 12.0. The summed E-state index contributed by atoms with van der Waals surface area (Å²) in [5.41, 5.74) is 0.187. The predicted octanol–water partition coefficient (Wildman–Crippen LogP) is 2.62. The second-order valence-corrected chi connectivity index (χ2v) is 5.54. The highest BCUT2D eigenvalue weighted by Gasteiger charge is 2.19. The molecule has 7 nitrogen and oxygen atoms in total. The Bertz CT molecular complexity index is 753. The molecule has 0 unspecified atom stereocenters. The number of hydrogen-bond acceptors (Lipinski definition) is 5. The van der Waals surface area contributed by atoms with Crippen molar-refractivity contribution in [3.63, 3.8) is 0 Å². The van der Waals surface area contributed by atoms with E-state index >= 15 is 0 Å². The third-order valence-electron chi connectivity index (χ3n) is 3.83. The number of carbonyl (C=O) groups excluding carboxylic acids is 1. The largest absolute Gasteiger partial charge is 0.432 e. The molecule has 1 aliphatic rings. The normalized spacial score (nSPS) is 14.8. The van der Waals surface area contributed by atoms with Crippen LogP contribution in [0.3, 0.4) is 0 Å². The number of alkyl halides is 2. The molecule has 0 bridgehead atoms. The van der Waals surface area contributed by atoms with Crippen molar-refractivity contribution in [1.29, 1.82) is 0 Å². The Morgan fingerprint density at radius 2 is 2.08 bits per heavy atom. The highest BCUT2D eigenvalue weighted by atomic mass is 35.5. The van der Waals surface area contributed by atoms with Gasteiger partial charge in [0, 0.05) is 11.8 Å². The fourth-order valence-corrected chi connectivity index (χ4v) is 2.60. The molecule has 0 aliphatic carbocycles. The van der Waals surface area contributed by atoms with Gasteiger partial charge in [-0.05, 0) is 38.1 Å². The van der Waals surface area contributed by atoms with Crippen molar-refractivity contribution in [1.82, 2.24) is 20.3 Å². The first kappa shape index (κ1) is 20.0. The average Bonchev–Trinajstić information content (AvgIpc) is 3.08. The van der Waals surface area contributed by atoms with E-state index in [1.807, 2.05) is 0 Å². The van der Waals surface area contributed by atoms with Gasteiger partial charge in [0.2, 0.25) is 0 Å². The minimum Gasteiger partial charge on any atom is -0.432 e. The van der Waals surface area contributed by atoms with Crippen LogP contribution in [0.1, 0.15) is 29.4 Å². The number of anilines is 1. The Hall–Kier alpha value is -2.33. The maximum atomic E-state index is 13.7. The van der Waals surface area contributed by atoms with E-state index < -0.39 is 24.1 Å². The number of benzene rings is 1. The molecular weight excluding hydrogens is 375 g/mol. The molecule has 0 atom stereocenters. The van der Waals surface area contributed by atoms with Crippen LogP contribution in [0.5, 0.6) is 5.75 Å². The van der Waals surface area contributed by atoms with Gasteiger partial charge in [-0.3, -0.25) is 4.79 Å². The molecule has 1 saturated heterocycles. The van der Waals surface area contributed by atoms with Crippen molar-refractivity contribution in [2.75, 3.05) is 18.4 Å². The first-order valence-electron chi connectivity index (χ1n) is 7.71. The van der Waals surface area contributed by atoms with E-state index in [1.54, 1.807) is 4.68 Å². The van der Waals surface area contributed by atoms with Crippen LogP contribution < -0.4 is 15.4 Å². The van der Waals surface area contributed by atoms with Gasteiger partial charge in [-0.25, -0.2) is 9.07 Å². The molecule has 0 radical (unpaired) electrons. The second-order valence-electron chi connectivity index (χ2n) is 5.54. The summed E-state index contributed by atoms with van der Waals surface area (Å²) in [4.78, 5) is 12.2. The molecule has 2 aromatic rings. The standard InChI is InChI=1S/C15H16F3N5O2.ClH/c16-11-7-9(1-2-13(11)25-15(17)18)20-14(24)12-8-23(22-21-12)10-3-5-19-6-4-10;/h1-2,7-8,10,15,19H,3-6H2,(H,20,24);1H. The van der Waals surface area contributed by atoms with Crippen LogP contribution in [-0.4, -0.2) is 40.6 Å². The summed E-state index contributed by atoms with van der Waals surface area (Å²) in [7, 11) is 0. The molecule has 1 aromatic carbocycles. The summed E-state index contributed by atoms with van der Waals surface area (Å²) in [6.45, 7) is -1.38. The lowest BCUT2D eigenvalue weighted by atomic mass is 10.1. The number of piperidine rings is 1. The number of nitrogens with one attached hydrogen (secondary N) is 2. The zero-order valence-electron chi connectivity index (χ0n) is 13.5. The average molecular weight is 392 g/mol. The molecule has 2 heterocycles. The topological polar surface area (TPSA) is 81.1 Å². The van der Waals surface area contributed by atoms with Crippen LogP contribution in [-0.2, 0) is 0 Å². The number of amides is 1. The third-order valence-corrected chi connectivity index (χ3v) is 3.83. The smallest absolute Gasteiger partial charge is 0.387 e. The lowest BCUT2D eigenvalue weighted by Crippen LogP contribution is -2.29. The molecule has 142 valence electrons. The molecule has 11 heteroatoms. The van der Waals surface area contributed by atoms with Gasteiger partial charge in [0.25, 0.3) is 5.91 Å². The van der Waals surface area contributed by atoms with Gasteiger partial charge in [0.15, 0.2) is 17.3 Å². The van der Waals surface area contributed by atoms with Crippen LogP contribution in [0.2, 0.25) is 0 Å². The number of nitrogens with zero attached hydrogens (tertiary/aromatic N) is 3. The molecular formula is C15H17ClF3N5O2. The van der Waals surface area contributed by atoms with E-state index in [4.69, 9.17) is 0 Å². The Labute approximate surface area is 153 Å². The number of ether oxygens (including phenoxy) is 1. The molecule has 1 amide bonds. The van der Waals surface area contributed by atoms with Crippen LogP contribution in [0, 0.1) is 5.82 Å². The SMILES string of the molecule is Cl.O=C(Nc1ccc(OC(F)F)c(F)c1)c1cn(C2CCNCC2)nn1. The zero-order valence-corrected chi connectivity index (χ0v) is 14.3. The first-order valence-corrected chi connectivity index (χ1v) is 7.71. The monoisotopic (exact) mass is 391 g/mol. The van der Waals surface area contributed by atoms with Crippen molar-refractivity contribution in [3.05, 3.63) is 35.9 Å². The van der Waals surface area contributed by atoms with Crippen molar-refractivity contribution in [2.45, 2.75) is 25.5 Å². The summed E-state index contributed by atoms with van der Waals surface area (Å²) in [6, 6.07) is 3.35. The number of carbonyl (C=O) groups is 1. The molecule has 0 saturated carbocycles. The lowest BCUT2D eigenvalue weighted by Gasteiger charge is -2.22. The van der Waals surface area contributed by atoms with Crippen molar-refractivity contribution >= 4 is 24.0 Å². The van der Waals surface area contributed by atoms with E-state index in [2.05, 4.69) is 25.7 Å². The maximum absolute atomic E-state index is 13.7. The van der Waals surface area contributed by atoms with Gasteiger partial charge < -0.3 is 15.4 Å². The fourth-order valence-electron chi connectivity index (χ4n) is 2.60. The number of aromatic nitrogens is 3. The van der Waals surface area contributed by atoms with Gasteiger partial charge in [0.05, 0.1) is 12.2 Å². The van der Waals surface area contributed by atoms with Gasteiger partial charge >= 0.3 is 6.61 Å². The molecule has 26 heavy (non-hydrogen) atoms. The van der Waals surface area contributed by atoms with Crippen LogP contribution >= 0.6 is 12.4 Å². The predicted molar refractivity (Wildman–Crippen MR) is 89.4 cm³/mol. The fraction of sp³-hybridized carbons (Fsp3) is 0.400. The Balaban J connectivity index is 0.00000243. The molecule has 1 aliphatic heterocycles. The maximum Gasteiger partial charge on any atom is 0.387 e. The Kier molecular flexibility index (Phi) is 6.81. The third kappa shape index (κ3) is 4.85. The summed E-state index contributed by atoms with van der Waals surface area (Å²) in [6.07, 6.45) is 3.32. The molecule has 1 fully saturated rings. The number of hydrogen-bond donors (Lipinski definition) is 2. The highest BCUT2D eigenvalue weighted by Crippen LogP contribution is 2.23. The molecule has 2 N–H and O–H groups in total. The second kappa shape index (κ2) is 8.86. The van der Waals surface area contributed by atoms with E-state index in [-0.39, 0.29) is 29.8 Å². The highest BCUT2D eigenvalue weighted by molar-refractivity contribution is 6.02. The van der Waals surface area contributed by atoms with E-state index in [9.17, 15) is 18.0 Å². The zero-order chi connectivity index (χ0) is 17.8. The van der Waals surface area contributed by atoms with Crippen LogP contribution in [0.25, 0.3) is 0 Å². The van der Waals surface area contributed by atoms with Crippen molar-refractivity contribution in [3.8, 4) is 5.75 Å². The number of rotatable bonds is 5. The molecule has 1 aromatic heterocycles. The lowest BCUT2D eigenvalue weighted by molar-refractivity contribution is -0.0521. The minimum atomic E-state index is -3.13. The molecule has 0 spiro atoms. The van der Waals surface area contributed by atoms with E-state index in [0.717, 1.165) is 38.1 Å². The van der Waals surface area contributed by atoms with Crippen molar-refractivity contribution in [2.24, 2.45) is 0 Å². The van der Waals surface area contributed by atoms with E-state index in [0.29, 0.717) is 0 Å². The summed E-state index contributed by atoms with van der Waals surface area (Å²) in [5, 5.41) is 13.5. The summed E-state index contributed by atoms with van der Waals surface area (Å²) >= 11 is 0. The van der Waals surface area contributed by atoms with E-state index in [1.165, 1.54) is 12.3 Å². The molecule has 3 rings (SSSR count). The quantitative estimate of drug-likeness (QED) is 0.819. The van der Waals surface area contributed by atoms with Crippen LogP contribution in [0.15, 0.2) is 24.4 Å². The van der Waals surface area contributed by atoms with Crippen LogP contribution in [0.4, 0.5) is 18.9 Å². The van der Waals surface area contributed by atoms with Gasteiger partial charge in [-0.1, -0.05) is 5.21 Å². The van der Waals surface area contributed by atoms with Gasteiger partial charge in [-0.15, -0.1) is 17.5 Å². The van der Waals surface area contributed by atoms with Gasteiger partial charge in [0.1, 0.15) is 0 Å². The van der Waals surface area contributed by atoms with Gasteiger partial charge in [-0.2, -0.15) is 8.78 Å². The summed E-state index contributed by atoms with van der Waals surface area (Å²) < 4.78 is 43.5.